The Hall–Kier alpha value is -0.690. The summed E-state index contributed by atoms with van der Waals surface area (Å²) in [6.45, 7) is 1.75. The van der Waals surface area contributed by atoms with Gasteiger partial charge in [-0.05, 0) is 6.42 Å². The standard InChI is InChI=1S/C22H42O6/c1-2-3-4-5-6-7-8-9-10-11-12-13-14-15-20(26)28-22-19(25)17-27-21(22)18(24)16-23/h18-19,21-25H,2-17H2,1H3/t18-,19-,21-,22-/m1/s1. The lowest BCUT2D eigenvalue weighted by Crippen LogP contribution is -2.43. The molecule has 1 heterocycles. The van der Waals surface area contributed by atoms with Gasteiger partial charge in [-0.1, -0.05) is 84.0 Å². The van der Waals surface area contributed by atoms with E-state index in [4.69, 9.17) is 14.6 Å². The lowest BCUT2D eigenvalue weighted by molar-refractivity contribution is -0.160. The highest BCUT2D eigenvalue weighted by atomic mass is 16.6. The highest BCUT2D eigenvalue weighted by Gasteiger charge is 2.42. The van der Waals surface area contributed by atoms with Gasteiger partial charge in [0.25, 0.3) is 0 Å². The number of esters is 1. The molecular formula is C22H42O6. The van der Waals surface area contributed by atoms with Crippen LogP contribution in [-0.2, 0) is 14.3 Å². The van der Waals surface area contributed by atoms with Crippen molar-refractivity contribution in [2.45, 2.75) is 121 Å². The summed E-state index contributed by atoms with van der Waals surface area (Å²) in [7, 11) is 0. The van der Waals surface area contributed by atoms with Crippen LogP contribution in [0.4, 0.5) is 0 Å². The number of unbranched alkanes of at least 4 members (excludes halogenated alkanes) is 12. The first-order valence-corrected chi connectivity index (χ1v) is 11.4. The third-order valence-electron chi connectivity index (χ3n) is 5.48. The van der Waals surface area contributed by atoms with Crippen LogP contribution >= 0.6 is 0 Å². The van der Waals surface area contributed by atoms with Gasteiger partial charge in [0, 0.05) is 6.42 Å². The van der Waals surface area contributed by atoms with Crippen LogP contribution in [0.5, 0.6) is 0 Å². The van der Waals surface area contributed by atoms with Crippen molar-refractivity contribution in [3.8, 4) is 0 Å². The molecule has 0 spiro atoms. The molecule has 1 saturated heterocycles. The normalized spacial score (nSPS) is 23.1. The highest BCUT2D eigenvalue weighted by Crippen LogP contribution is 2.22. The summed E-state index contributed by atoms with van der Waals surface area (Å²) in [6.07, 6.45) is 12.6. The number of aliphatic hydroxyl groups is 3. The molecule has 0 aliphatic carbocycles. The van der Waals surface area contributed by atoms with E-state index in [-0.39, 0.29) is 12.6 Å². The van der Waals surface area contributed by atoms with Crippen molar-refractivity contribution in [2.24, 2.45) is 0 Å². The molecule has 0 aromatic heterocycles. The fourth-order valence-electron chi connectivity index (χ4n) is 3.70. The van der Waals surface area contributed by atoms with Gasteiger partial charge in [0.1, 0.15) is 18.3 Å². The summed E-state index contributed by atoms with van der Waals surface area (Å²) in [5.74, 6) is -0.382. The predicted molar refractivity (Wildman–Crippen MR) is 109 cm³/mol. The molecule has 3 N–H and O–H groups in total. The van der Waals surface area contributed by atoms with E-state index in [1.807, 2.05) is 0 Å². The molecular weight excluding hydrogens is 360 g/mol. The Morgan fingerprint density at radius 3 is 1.96 bits per heavy atom. The maximum absolute atomic E-state index is 12.0. The molecule has 0 aromatic rings. The Labute approximate surface area is 170 Å². The van der Waals surface area contributed by atoms with Crippen LogP contribution in [0, 0.1) is 0 Å². The van der Waals surface area contributed by atoms with Gasteiger partial charge in [0.05, 0.1) is 13.2 Å². The van der Waals surface area contributed by atoms with Crippen molar-refractivity contribution in [2.75, 3.05) is 13.2 Å². The van der Waals surface area contributed by atoms with E-state index in [0.717, 1.165) is 19.3 Å². The summed E-state index contributed by atoms with van der Waals surface area (Å²) in [5, 5.41) is 28.5. The molecule has 6 heteroatoms. The summed E-state index contributed by atoms with van der Waals surface area (Å²) in [5.41, 5.74) is 0. The minimum Gasteiger partial charge on any atom is -0.457 e. The molecule has 1 fully saturated rings. The Kier molecular flexibility index (Phi) is 14.6. The number of hydrogen-bond acceptors (Lipinski definition) is 6. The second-order valence-corrected chi connectivity index (χ2v) is 8.06. The molecule has 0 bridgehead atoms. The third-order valence-corrected chi connectivity index (χ3v) is 5.48. The monoisotopic (exact) mass is 402 g/mol. The zero-order chi connectivity index (χ0) is 20.6. The fourth-order valence-corrected chi connectivity index (χ4v) is 3.70. The molecule has 0 unspecified atom stereocenters. The van der Waals surface area contributed by atoms with E-state index in [2.05, 4.69) is 6.92 Å². The first-order chi connectivity index (χ1) is 13.6. The molecule has 6 nitrogen and oxygen atoms in total. The maximum atomic E-state index is 12.0. The van der Waals surface area contributed by atoms with Crippen LogP contribution in [0.15, 0.2) is 0 Å². The van der Waals surface area contributed by atoms with Gasteiger partial charge in [0.2, 0.25) is 0 Å². The van der Waals surface area contributed by atoms with E-state index in [9.17, 15) is 15.0 Å². The van der Waals surface area contributed by atoms with Crippen LogP contribution in [-0.4, -0.2) is 58.9 Å². The predicted octanol–water partition coefficient (Wildman–Crippen LogP) is 3.49. The Morgan fingerprint density at radius 2 is 1.46 bits per heavy atom. The van der Waals surface area contributed by atoms with Gasteiger partial charge < -0.3 is 24.8 Å². The molecule has 0 amide bonds. The van der Waals surface area contributed by atoms with Crippen molar-refractivity contribution < 1.29 is 29.6 Å². The summed E-state index contributed by atoms with van der Waals surface area (Å²) in [6, 6.07) is 0. The SMILES string of the molecule is CCCCCCCCCCCCCCCC(=O)O[C@H]1[C@@H]([C@H](O)CO)OC[C@H]1O. The number of rotatable bonds is 17. The van der Waals surface area contributed by atoms with Gasteiger partial charge >= 0.3 is 5.97 Å². The minimum atomic E-state index is -1.16. The van der Waals surface area contributed by atoms with Gasteiger partial charge in [0.15, 0.2) is 6.10 Å². The van der Waals surface area contributed by atoms with Crippen molar-refractivity contribution in [3.63, 3.8) is 0 Å². The first-order valence-electron chi connectivity index (χ1n) is 11.4. The smallest absolute Gasteiger partial charge is 0.306 e. The van der Waals surface area contributed by atoms with Gasteiger partial charge in [-0.25, -0.2) is 0 Å². The topological polar surface area (TPSA) is 96.2 Å². The molecule has 0 saturated carbocycles. The lowest BCUT2D eigenvalue weighted by atomic mass is 10.0. The molecule has 1 aliphatic heterocycles. The first kappa shape index (κ1) is 25.3. The third kappa shape index (κ3) is 10.7. The quantitative estimate of drug-likeness (QED) is 0.255. The van der Waals surface area contributed by atoms with Crippen molar-refractivity contribution in [1.82, 2.24) is 0 Å². The second-order valence-electron chi connectivity index (χ2n) is 8.06. The summed E-state index contributed by atoms with van der Waals surface area (Å²) >= 11 is 0. The van der Waals surface area contributed by atoms with Crippen LogP contribution in [0.25, 0.3) is 0 Å². The summed E-state index contributed by atoms with van der Waals surface area (Å²) < 4.78 is 10.5. The zero-order valence-electron chi connectivity index (χ0n) is 17.7. The minimum absolute atomic E-state index is 0.00157. The number of carbonyl (C=O) groups excluding carboxylic acids is 1. The van der Waals surface area contributed by atoms with Crippen LogP contribution in [0.1, 0.15) is 96.8 Å². The zero-order valence-corrected chi connectivity index (χ0v) is 17.7. The Morgan fingerprint density at radius 1 is 0.964 bits per heavy atom. The van der Waals surface area contributed by atoms with Crippen molar-refractivity contribution >= 4 is 5.97 Å². The number of ether oxygens (including phenoxy) is 2. The van der Waals surface area contributed by atoms with Crippen LogP contribution in [0.3, 0.4) is 0 Å². The van der Waals surface area contributed by atoms with Crippen molar-refractivity contribution in [1.29, 1.82) is 0 Å². The highest BCUT2D eigenvalue weighted by molar-refractivity contribution is 5.69. The number of aliphatic hydroxyl groups excluding tert-OH is 3. The van der Waals surface area contributed by atoms with E-state index >= 15 is 0 Å². The van der Waals surface area contributed by atoms with Crippen LogP contribution < -0.4 is 0 Å². The van der Waals surface area contributed by atoms with Gasteiger partial charge in [-0.2, -0.15) is 0 Å². The largest absolute Gasteiger partial charge is 0.457 e. The van der Waals surface area contributed by atoms with Gasteiger partial charge in [-0.3, -0.25) is 4.79 Å². The van der Waals surface area contributed by atoms with Crippen LogP contribution in [0.2, 0.25) is 0 Å². The van der Waals surface area contributed by atoms with Gasteiger partial charge in [-0.15, -0.1) is 0 Å². The Bertz CT molecular complexity index is 389. The molecule has 28 heavy (non-hydrogen) atoms. The van der Waals surface area contributed by atoms with Crippen molar-refractivity contribution in [3.05, 3.63) is 0 Å². The molecule has 0 radical (unpaired) electrons. The number of hydrogen-bond donors (Lipinski definition) is 3. The number of carbonyl (C=O) groups is 1. The van der Waals surface area contributed by atoms with E-state index in [1.165, 1.54) is 64.2 Å². The van der Waals surface area contributed by atoms with E-state index in [1.54, 1.807) is 0 Å². The average molecular weight is 403 g/mol. The molecule has 4 atom stereocenters. The second kappa shape index (κ2) is 16.1. The summed E-state index contributed by atoms with van der Waals surface area (Å²) in [4.78, 5) is 12.0. The average Bonchev–Trinajstić information content (AvgIpc) is 3.05. The molecule has 1 aliphatic rings. The maximum Gasteiger partial charge on any atom is 0.306 e. The van der Waals surface area contributed by atoms with E-state index < -0.39 is 31.0 Å². The fraction of sp³-hybridized carbons (Fsp3) is 0.955. The molecule has 166 valence electrons. The molecule has 1 rings (SSSR count). The Balaban J connectivity index is 1.96. The van der Waals surface area contributed by atoms with E-state index in [0.29, 0.717) is 6.42 Å². The molecule has 0 aromatic carbocycles. The lowest BCUT2D eigenvalue weighted by Gasteiger charge is -2.23.